The van der Waals surface area contributed by atoms with Crippen LogP contribution in [0.15, 0.2) is 69.5 Å². The molecular weight excluding hydrogens is 324 g/mol. The predicted octanol–water partition coefficient (Wildman–Crippen LogP) is 3.96. The maximum absolute atomic E-state index is 12.2. The zero-order chi connectivity index (χ0) is 17.1. The number of benzene rings is 2. The first-order chi connectivity index (χ1) is 11.6. The molecule has 0 aliphatic heterocycles. The summed E-state index contributed by atoms with van der Waals surface area (Å²) in [4.78, 5) is 15.8. The maximum Gasteiger partial charge on any atom is 0.258 e. The van der Waals surface area contributed by atoms with E-state index < -0.39 is 0 Å². The van der Waals surface area contributed by atoms with Crippen molar-refractivity contribution in [2.24, 2.45) is 5.11 Å². The van der Waals surface area contributed by atoms with Crippen LogP contribution in [0.4, 0.5) is 5.69 Å². The van der Waals surface area contributed by atoms with Crippen molar-refractivity contribution in [1.82, 2.24) is 4.98 Å². The molecule has 24 heavy (non-hydrogen) atoms. The van der Waals surface area contributed by atoms with Crippen LogP contribution in [0.2, 0.25) is 0 Å². The third kappa shape index (κ3) is 3.31. The highest BCUT2D eigenvalue weighted by Gasteiger charge is 2.08. The minimum Gasteiger partial charge on any atom is -0.508 e. The molecule has 7 heteroatoms. The first kappa shape index (κ1) is 15.8. The lowest BCUT2D eigenvalue weighted by molar-refractivity contribution is 0.476. The molecule has 0 unspecified atom stereocenters. The summed E-state index contributed by atoms with van der Waals surface area (Å²) in [6.07, 6.45) is 1.49. The second kappa shape index (κ2) is 6.59. The van der Waals surface area contributed by atoms with Crippen LogP contribution in [0, 0.1) is 5.53 Å². The first-order valence-corrected chi connectivity index (χ1v) is 7.51. The molecule has 0 fully saturated rings. The molecule has 0 spiro atoms. The highest BCUT2D eigenvalue weighted by molar-refractivity contribution is 7.80. The molecule has 1 aromatic heterocycles. The summed E-state index contributed by atoms with van der Waals surface area (Å²) in [5, 5.41) is 16.7. The number of anilines is 1. The number of pyridine rings is 1. The van der Waals surface area contributed by atoms with Crippen LogP contribution in [-0.4, -0.2) is 10.1 Å². The number of H-pyrrole nitrogens is 1. The van der Waals surface area contributed by atoms with E-state index in [9.17, 15) is 9.90 Å². The van der Waals surface area contributed by atoms with Crippen LogP contribution in [0.5, 0.6) is 5.75 Å². The van der Waals surface area contributed by atoms with Crippen molar-refractivity contribution in [3.05, 3.63) is 70.6 Å². The highest BCUT2D eigenvalue weighted by atomic mass is 32.1. The van der Waals surface area contributed by atoms with Crippen molar-refractivity contribution in [3.8, 4) is 5.75 Å². The molecule has 0 aliphatic rings. The van der Waals surface area contributed by atoms with Gasteiger partial charge in [0.25, 0.3) is 5.56 Å². The number of fused-ring (bicyclic) bond motifs is 1. The van der Waals surface area contributed by atoms with E-state index in [0.717, 1.165) is 10.6 Å². The van der Waals surface area contributed by atoms with E-state index in [1.165, 1.54) is 18.3 Å². The van der Waals surface area contributed by atoms with Crippen molar-refractivity contribution < 1.29 is 5.11 Å². The number of phenols is 1. The highest BCUT2D eigenvalue weighted by Crippen LogP contribution is 2.21. The summed E-state index contributed by atoms with van der Waals surface area (Å²) in [5.41, 5.74) is 8.78. The van der Waals surface area contributed by atoms with E-state index in [0.29, 0.717) is 10.9 Å². The smallest absolute Gasteiger partial charge is 0.258 e. The Morgan fingerprint density at radius 1 is 1.21 bits per heavy atom. The van der Waals surface area contributed by atoms with Gasteiger partial charge in [0.1, 0.15) is 11.4 Å². The number of rotatable bonds is 4. The largest absolute Gasteiger partial charge is 0.508 e. The van der Waals surface area contributed by atoms with Gasteiger partial charge in [0.05, 0.1) is 5.56 Å². The third-order valence-electron chi connectivity index (χ3n) is 3.47. The van der Waals surface area contributed by atoms with Gasteiger partial charge >= 0.3 is 0 Å². The lowest BCUT2D eigenvalue weighted by atomic mass is 10.1. The quantitative estimate of drug-likeness (QED) is 0.367. The van der Waals surface area contributed by atoms with E-state index in [4.69, 9.17) is 5.53 Å². The number of aromatic nitrogens is 1. The van der Waals surface area contributed by atoms with Crippen LogP contribution in [-0.2, 0) is 0 Å². The van der Waals surface area contributed by atoms with Crippen molar-refractivity contribution in [2.45, 2.75) is 4.90 Å². The Morgan fingerprint density at radius 3 is 2.67 bits per heavy atom. The Bertz CT molecular complexity index is 994. The zero-order valence-corrected chi connectivity index (χ0v) is 13.3. The molecular formula is C17H14N4O2S. The normalized spacial score (nSPS) is 11.5. The van der Waals surface area contributed by atoms with E-state index >= 15 is 0 Å². The number of thiol groups is 1. The van der Waals surface area contributed by atoms with Crippen LogP contribution in [0.3, 0.4) is 0 Å². The molecule has 1 heterocycles. The van der Waals surface area contributed by atoms with Gasteiger partial charge in [-0.3, -0.25) is 4.79 Å². The van der Waals surface area contributed by atoms with Gasteiger partial charge in [0.15, 0.2) is 0 Å². The van der Waals surface area contributed by atoms with E-state index in [1.807, 2.05) is 24.3 Å². The van der Waals surface area contributed by atoms with E-state index in [-0.39, 0.29) is 22.6 Å². The summed E-state index contributed by atoms with van der Waals surface area (Å²) in [7, 11) is 0. The fourth-order valence-electron chi connectivity index (χ4n) is 2.26. The number of hydrogen-bond donors (Lipinski definition) is 5. The first-order valence-electron chi connectivity index (χ1n) is 7.06. The zero-order valence-electron chi connectivity index (χ0n) is 12.4. The van der Waals surface area contributed by atoms with Gasteiger partial charge in [-0.1, -0.05) is 0 Å². The number of hydrogen-bond acceptors (Lipinski definition) is 6. The van der Waals surface area contributed by atoms with Gasteiger partial charge in [-0.15, -0.1) is 12.6 Å². The fourth-order valence-corrected chi connectivity index (χ4v) is 2.41. The monoisotopic (exact) mass is 338 g/mol. The SMILES string of the molecule is N=N/C(=C\Nc1ccc(S)cc1)c1cc2cc(O)ccc2[nH]c1=O. The van der Waals surface area contributed by atoms with Crippen molar-refractivity contribution in [3.63, 3.8) is 0 Å². The van der Waals surface area contributed by atoms with Crippen LogP contribution in [0.25, 0.3) is 16.6 Å². The third-order valence-corrected chi connectivity index (χ3v) is 3.77. The number of aromatic amines is 1. The Labute approximate surface area is 142 Å². The molecule has 0 amide bonds. The Kier molecular flexibility index (Phi) is 4.35. The van der Waals surface area contributed by atoms with Gasteiger partial charge in [0.2, 0.25) is 0 Å². The van der Waals surface area contributed by atoms with Gasteiger partial charge in [-0.05, 0) is 48.5 Å². The van der Waals surface area contributed by atoms with Crippen LogP contribution >= 0.6 is 12.6 Å². The Morgan fingerprint density at radius 2 is 1.96 bits per heavy atom. The minimum atomic E-state index is -0.358. The molecule has 0 saturated carbocycles. The number of nitrogens with one attached hydrogen (secondary N) is 3. The predicted molar refractivity (Wildman–Crippen MR) is 96.7 cm³/mol. The standard InChI is InChI=1S/C17H14N4O2S/c18-21-16(9-19-11-1-4-13(24)5-2-11)14-8-10-7-12(22)3-6-15(10)20-17(14)23/h1-9,18-19,22,24H,(H,20,23)/b16-9-,21-18?. The average Bonchev–Trinajstić information content (AvgIpc) is 2.57. The average molecular weight is 338 g/mol. The van der Waals surface area contributed by atoms with Gasteiger partial charge in [-0.2, -0.15) is 5.11 Å². The molecule has 4 N–H and O–H groups in total. The maximum atomic E-state index is 12.2. The molecule has 3 rings (SSSR count). The summed E-state index contributed by atoms with van der Waals surface area (Å²) >= 11 is 4.21. The van der Waals surface area contributed by atoms with Gasteiger partial charge < -0.3 is 15.4 Å². The molecule has 0 saturated heterocycles. The minimum absolute atomic E-state index is 0.0961. The van der Waals surface area contributed by atoms with Gasteiger partial charge in [-0.25, -0.2) is 5.53 Å². The molecule has 2 aromatic carbocycles. The molecule has 0 aliphatic carbocycles. The van der Waals surface area contributed by atoms with Crippen molar-refractivity contribution in [1.29, 1.82) is 5.53 Å². The molecule has 0 radical (unpaired) electrons. The second-order valence-electron chi connectivity index (χ2n) is 5.12. The van der Waals surface area contributed by atoms with Gasteiger partial charge in [0, 0.05) is 27.7 Å². The summed E-state index contributed by atoms with van der Waals surface area (Å²) in [6, 6.07) is 13.5. The second-order valence-corrected chi connectivity index (χ2v) is 5.63. The van der Waals surface area contributed by atoms with E-state index in [2.05, 4.69) is 28.0 Å². The van der Waals surface area contributed by atoms with E-state index in [1.54, 1.807) is 12.1 Å². The molecule has 0 bridgehead atoms. The number of aromatic hydroxyl groups is 1. The van der Waals surface area contributed by atoms with Crippen molar-refractivity contribution >= 4 is 34.9 Å². The number of nitrogens with zero attached hydrogens (tertiary/aromatic N) is 1. The van der Waals surface area contributed by atoms with Crippen LogP contribution in [0.1, 0.15) is 5.56 Å². The summed E-state index contributed by atoms with van der Waals surface area (Å²) in [5.74, 6) is 0.0961. The molecule has 3 aromatic rings. The fraction of sp³-hybridized carbons (Fsp3) is 0. The summed E-state index contributed by atoms with van der Waals surface area (Å²) < 4.78 is 0. The summed E-state index contributed by atoms with van der Waals surface area (Å²) in [6.45, 7) is 0. The lowest BCUT2D eigenvalue weighted by Gasteiger charge is -2.05. The molecule has 120 valence electrons. The molecule has 6 nitrogen and oxygen atoms in total. The van der Waals surface area contributed by atoms with Crippen LogP contribution < -0.4 is 10.9 Å². The topological polar surface area (TPSA) is 101 Å². The Balaban J connectivity index is 2.00. The van der Waals surface area contributed by atoms with Crippen molar-refractivity contribution in [2.75, 3.05) is 5.32 Å². The Hall–Kier alpha value is -3.06. The lowest BCUT2D eigenvalue weighted by Crippen LogP contribution is -2.11. The number of phenolic OH excluding ortho intramolecular Hbond substituents is 1. The molecule has 0 atom stereocenters.